The summed E-state index contributed by atoms with van der Waals surface area (Å²) in [6.07, 6.45) is 0.411. The minimum absolute atomic E-state index is 0.0521. The minimum Gasteiger partial charge on any atom is -0.326 e. The van der Waals surface area contributed by atoms with Crippen LogP contribution in [-0.2, 0) is 4.79 Å². The maximum Gasteiger partial charge on any atom is 0.221 e. The summed E-state index contributed by atoms with van der Waals surface area (Å²) in [5.41, 5.74) is 0.172. The molecule has 0 saturated carbocycles. The minimum atomic E-state index is -0.798. The van der Waals surface area contributed by atoms with Gasteiger partial charge in [-0.25, -0.2) is 4.98 Å². The normalized spacial score (nSPS) is 9.38. The van der Waals surface area contributed by atoms with Crippen LogP contribution >= 0.6 is 0 Å². The number of halogens is 1. The SMILES string of the molecule is CC(=O)Nc1cc(F)nc(C=O)c1. The molecule has 1 aromatic heterocycles. The lowest BCUT2D eigenvalue weighted by Gasteiger charge is -2.01. The van der Waals surface area contributed by atoms with Gasteiger partial charge in [-0.15, -0.1) is 0 Å². The van der Waals surface area contributed by atoms with E-state index in [2.05, 4.69) is 10.3 Å². The number of hydrogen-bond acceptors (Lipinski definition) is 3. The Bertz CT molecular complexity index is 352. The molecule has 0 aliphatic carbocycles. The van der Waals surface area contributed by atoms with E-state index < -0.39 is 5.95 Å². The van der Waals surface area contributed by atoms with Crippen molar-refractivity contribution in [2.45, 2.75) is 6.92 Å². The van der Waals surface area contributed by atoms with Crippen molar-refractivity contribution in [3.8, 4) is 0 Å². The maximum atomic E-state index is 12.6. The second-order valence-electron chi connectivity index (χ2n) is 2.40. The third-order valence-electron chi connectivity index (χ3n) is 1.26. The van der Waals surface area contributed by atoms with Gasteiger partial charge < -0.3 is 5.32 Å². The fourth-order valence-electron chi connectivity index (χ4n) is 0.853. The molecule has 0 atom stereocenters. The first-order valence-electron chi connectivity index (χ1n) is 3.52. The van der Waals surface area contributed by atoms with E-state index in [1.54, 1.807) is 0 Å². The van der Waals surface area contributed by atoms with E-state index in [0.717, 1.165) is 6.07 Å². The quantitative estimate of drug-likeness (QED) is 0.548. The van der Waals surface area contributed by atoms with E-state index in [9.17, 15) is 14.0 Å². The Hall–Kier alpha value is -1.78. The summed E-state index contributed by atoms with van der Waals surface area (Å²) in [4.78, 5) is 24.1. The molecule has 1 amide bonds. The van der Waals surface area contributed by atoms with Gasteiger partial charge in [0.1, 0.15) is 5.69 Å². The molecule has 1 N–H and O–H groups in total. The number of nitrogens with one attached hydrogen (secondary N) is 1. The molecule has 1 heterocycles. The van der Waals surface area contributed by atoms with Crippen LogP contribution in [0.2, 0.25) is 0 Å². The van der Waals surface area contributed by atoms with Gasteiger partial charge in [-0.1, -0.05) is 0 Å². The zero-order chi connectivity index (χ0) is 9.84. The van der Waals surface area contributed by atoms with Crippen molar-refractivity contribution in [2.24, 2.45) is 0 Å². The summed E-state index contributed by atoms with van der Waals surface area (Å²) in [5, 5.41) is 2.34. The summed E-state index contributed by atoms with van der Waals surface area (Å²) >= 11 is 0. The number of aromatic nitrogens is 1. The van der Waals surface area contributed by atoms with Crippen LogP contribution in [0.25, 0.3) is 0 Å². The first-order valence-corrected chi connectivity index (χ1v) is 3.52. The number of nitrogens with zero attached hydrogens (tertiary/aromatic N) is 1. The van der Waals surface area contributed by atoms with Gasteiger partial charge in [0, 0.05) is 18.7 Å². The van der Waals surface area contributed by atoms with Crippen LogP contribution in [0.4, 0.5) is 10.1 Å². The summed E-state index contributed by atoms with van der Waals surface area (Å²) in [7, 11) is 0. The van der Waals surface area contributed by atoms with Gasteiger partial charge in [-0.3, -0.25) is 9.59 Å². The van der Waals surface area contributed by atoms with Crippen LogP contribution in [0, 0.1) is 5.95 Å². The topological polar surface area (TPSA) is 59.1 Å². The molecule has 68 valence electrons. The number of anilines is 1. The highest BCUT2D eigenvalue weighted by Crippen LogP contribution is 2.09. The molecule has 0 bridgehead atoms. The van der Waals surface area contributed by atoms with Crippen LogP contribution in [0.3, 0.4) is 0 Å². The van der Waals surface area contributed by atoms with Gasteiger partial charge >= 0.3 is 0 Å². The Balaban J connectivity index is 3.01. The number of carbonyl (C=O) groups is 2. The van der Waals surface area contributed by atoms with Crippen LogP contribution in [0.15, 0.2) is 12.1 Å². The van der Waals surface area contributed by atoms with Crippen LogP contribution in [0.1, 0.15) is 17.4 Å². The molecule has 0 aliphatic heterocycles. The number of aldehydes is 1. The predicted molar refractivity (Wildman–Crippen MR) is 43.9 cm³/mol. The van der Waals surface area contributed by atoms with Crippen molar-refractivity contribution < 1.29 is 14.0 Å². The lowest BCUT2D eigenvalue weighted by atomic mass is 10.3. The number of amides is 1. The van der Waals surface area contributed by atoms with Crippen molar-refractivity contribution in [1.29, 1.82) is 0 Å². The van der Waals surface area contributed by atoms with Crippen molar-refractivity contribution in [2.75, 3.05) is 5.32 Å². The highest BCUT2D eigenvalue weighted by atomic mass is 19.1. The van der Waals surface area contributed by atoms with E-state index in [0.29, 0.717) is 6.29 Å². The molecule has 0 saturated heterocycles. The molecule has 0 spiro atoms. The fourth-order valence-corrected chi connectivity index (χ4v) is 0.853. The molecule has 0 fully saturated rings. The van der Waals surface area contributed by atoms with Crippen LogP contribution in [0.5, 0.6) is 0 Å². The van der Waals surface area contributed by atoms with Crippen molar-refractivity contribution in [3.63, 3.8) is 0 Å². The standard InChI is InChI=1S/C8H7FN2O2/c1-5(13)10-6-2-7(4-12)11-8(9)3-6/h2-4H,1H3,(H,10,11,13). The molecule has 1 rings (SSSR count). The average Bonchev–Trinajstić information content (AvgIpc) is 2.01. The van der Waals surface area contributed by atoms with Gasteiger partial charge in [0.05, 0.1) is 0 Å². The predicted octanol–water partition coefficient (Wildman–Crippen LogP) is 0.992. The number of carbonyl (C=O) groups excluding carboxylic acids is 2. The van der Waals surface area contributed by atoms with E-state index in [1.165, 1.54) is 13.0 Å². The van der Waals surface area contributed by atoms with Gasteiger partial charge in [0.25, 0.3) is 0 Å². The molecular weight excluding hydrogens is 175 g/mol. The lowest BCUT2D eigenvalue weighted by Crippen LogP contribution is -2.07. The summed E-state index contributed by atoms with van der Waals surface area (Å²) in [6, 6.07) is 2.33. The van der Waals surface area contributed by atoms with Gasteiger partial charge in [-0.05, 0) is 6.07 Å². The summed E-state index contributed by atoms with van der Waals surface area (Å²) in [5.74, 6) is -1.13. The molecule has 0 radical (unpaired) electrons. The highest BCUT2D eigenvalue weighted by molar-refractivity contribution is 5.89. The largest absolute Gasteiger partial charge is 0.326 e. The molecule has 0 unspecified atom stereocenters. The zero-order valence-electron chi connectivity index (χ0n) is 6.87. The van der Waals surface area contributed by atoms with E-state index in [1.807, 2.05) is 0 Å². The van der Waals surface area contributed by atoms with Crippen molar-refractivity contribution >= 4 is 17.9 Å². The highest BCUT2D eigenvalue weighted by Gasteiger charge is 2.02. The molecule has 0 aliphatic rings. The molecular formula is C8H7FN2O2. The monoisotopic (exact) mass is 182 g/mol. The Morgan fingerprint density at radius 2 is 2.31 bits per heavy atom. The molecule has 0 aromatic carbocycles. The number of pyridine rings is 1. The second kappa shape index (κ2) is 3.75. The number of hydrogen-bond donors (Lipinski definition) is 1. The van der Waals surface area contributed by atoms with Gasteiger partial charge in [0.15, 0.2) is 6.29 Å². The lowest BCUT2D eigenvalue weighted by molar-refractivity contribution is -0.114. The maximum absolute atomic E-state index is 12.6. The zero-order valence-corrected chi connectivity index (χ0v) is 6.87. The molecule has 1 aromatic rings. The summed E-state index contributed by atoms with van der Waals surface area (Å²) in [6.45, 7) is 1.29. The van der Waals surface area contributed by atoms with Gasteiger partial charge in [0.2, 0.25) is 11.9 Å². The van der Waals surface area contributed by atoms with Gasteiger partial charge in [-0.2, -0.15) is 4.39 Å². The molecule has 5 heteroatoms. The number of rotatable bonds is 2. The molecule has 4 nitrogen and oxygen atoms in total. The Kier molecular flexibility index (Phi) is 2.69. The third kappa shape index (κ3) is 2.62. The summed E-state index contributed by atoms with van der Waals surface area (Å²) < 4.78 is 12.6. The average molecular weight is 182 g/mol. The Morgan fingerprint density at radius 1 is 1.62 bits per heavy atom. The van der Waals surface area contributed by atoms with Crippen LogP contribution in [-0.4, -0.2) is 17.2 Å². The Labute approximate surface area is 73.8 Å². The van der Waals surface area contributed by atoms with Crippen LogP contribution < -0.4 is 5.32 Å². The van der Waals surface area contributed by atoms with E-state index in [-0.39, 0.29) is 17.3 Å². The van der Waals surface area contributed by atoms with E-state index >= 15 is 0 Å². The smallest absolute Gasteiger partial charge is 0.221 e. The van der Waals surface area contributed by atoms with Crippen molar-refractivity contribution in [3.05, 3.63) is 23.8 Å². The van der Waals surface area contributed by atoms with E-state index in [4.69, 9.17) is 0 Å². The first kappa shape index (κ1) is 9.31. The molecule has 13 heavy (non-hydrogen) atoms. The first-order chi connectivity index (χ1) is 6.11. The fraction of sp³-hybridized carbons (Fsp3) is 0.125. The second-order valence-corrected chi connectivity index (χ2v) is 2.40. The third-order valence-corrected chi connectivity index (χ3v) is 1.26. The Morgan fingerprint density at radius 3 is 2.85 bits per heavy atom. The van der Waals surface area contributed by atoms with Crippen molar-refractivity contribution in [1.82, 2.24) is 4.98 Å².